The average molecular weight is 274 g/mol. The van der Waals surface area contributed by atoms with Crippen LogP contribution in [-0.2, 0) is 0 Å². The summed E-state index contributed by atoms with van der Waals surface area (Å²) < 4.78 is 0. The van der Waals surface area contributed by atoms with E-state index in [0.717, 1.165) is 6.42 Å². The van der Waals surface area contributed by atoms with E-state index < -0.39 is 0 Å². The van der Waals surface area contributed by atoms with E-state index in [4.69, 9.17) is 0 Å². The van der Waals surface area contributed by atoms with Crippen LogP contribution in [0, 0.1) is 0 Å². The third-order valence-electron chi connectivity index (χ3n) is 1.84. The summed E-state index contributed by atoms with van der Waals surface area (Å²) in [6.07, 6.45) is 0.930. The molecular formula is C9H12BrN3O2. The predicted molar refractivity (Wildman–Crippen MR) is 60.2 cm³/mol. The van der Waals surface area contributed by atoms with E-state index in [0.29, 0.717) is 6.54 Å². The van der Waals surface area contributed by atoms with Crippen molar-refractivity contribution in [1.29, 1.82) is 0 Å². The van der Waals surface area contributed by atoms with Crippen molar-refractivity contribution in [1.82, 2.24) is 15.5 Å². The molecule has 1 aromatic rings. The molecule has 1 atom stereocenters. The summed E-state index contributed by atoms with van der Waals surface area (Å²) in [6, 6.07) is 2.66. The third-order valence-corrected chi connectivity index (χ3v) is 2.81. The van der Waals surface area contributed by atoms with Gasteiger partial charge in [0.1, 0.15) is 5.69 Å². The van der Waals surface area contributed by atoms with Crippen molar-refractivity contribution in [3.63, 3.8) is 0 Å². The molecule has 15 heavy (non-hydrogen) atoms. The van der Waals surface area contributed by atoms with Gasteiger partial charge in [0.15, 0.2) is 0 Å². The minimum Gasteiger partial charge on any atom is -0.350 e. The van der Waals surface area contributed by atoms with Crippen LogP contribution in [0.4, 0.5) is 0 Å². The van der Waals surface area contributed by atoms with Gasteiger partial charge in [-0.05, 0) is 12.5 Å². The van der Waals surface area contributed by atoms with Gasteiger partial charge in [0, 0.05) is 17.4 Å². The van der Waals surface area contributed by atoms with Gasteiger partial charge in [-0.15, -0.1) is 0 Å². The smallest absolute Gasteiger partial charge is 0.271 e. The van der Waals surface area contributed by atoms with Gasteiger partial charge < -0.3 is 5.32 Å². The fourth-order valence-corrected chi connectivity index (χ4v) is 1.07. The summed E-state index contributed by atoms with van der Waals surface area (Å²) in [5, 5.41) is 8.52. The molecule has 1 unspecified atom stereocenters. The molecular weight excluding hydrogens is 262 g/mol. The molecule has 0 aromatic carbocycles. The van der Waals surface area contributed by atoms with Crippen LogP contribution in [0.25, 0.3) is 0 Å². The molecule has 1 aromatic heterocycles. The summed E-state index contributed by atoms with van der Waals surface area (Å²) in [5.74, 6) is -0.288. The van der Waals surface area contributed by atoms with Crippen LogP contribution < -0.4 is 10.9 Å². The van der Waals surface area contributed by atoms with Crippen molar-refractivity contribution in [2.24, 2.45) is 0 Å². The lowest BCUT2D eigenvalue weighted by atomic mass is 10.3. The van der Waals surface area contributed by atoms with Crippen molar-refractivity contribution in [2.75, 3.05) is 6.54 Å². The molecule has 0 fully saturated rings. The normalized spacial score (nSPS) is 12.1. The van der Waals surface area contributed by atoms with Crippen LogP contribution in [0.2, 0.25) is 0 Å². The number of aromatic nitrogens is 2. The highest BCUT2D eigenvalue weighted by Gasteiger charge is 2.08. The Bertz CT molecular complexity index is 371. The van der Waals surface area contributed by atoms with Crippen LogP contribution in [0.1, 0.15) is 23.8 Å². The van der Waals surface area contributed by atoms with E-state index in [-0.39, 0.29) is 22.0 Å². The van der Waals surface area contributed by atoms with E-state index in [2.05, 4.69) is 31.4 Å². The van der Waals surface area contributed by atoms with E-state index in [1.807, 2.05) is 6.92 Å². The Labute approximate surface area is 95.4 Å². The summed E-state index contributed by atoms with van der Waals surface area (Å²) >= 11 is 3.40. The second-order valence-electron chi connectivity index (χ2n) is 3.02. The fraction of sp³-hybridized carbons (Fsp3) is 0.444. The molecule has 1 heterocycles. The molecule has 0 aliphatic heterocycles. The maximum absolute atomic E-state index is 11.5. The van der Waals surface area contributed by atoms with Gasteiger partial charge >= 0.3 is 0 Å². The average Bonchev–Trinajstić information content (AvgIpc) is 2.26. The lowest BCUT2D eigenvalue weighted by Crippen LogP contribution is -2.30. The lowest BCUT2D eigenvalue weighted by Gasteiger charge is -2.07. The van der Waals surface area contributed by atoms with E-state index in [1.165, 1.54) is 12.1 Å². The number of nitrogens with zero attached hydrogens (tertiary/aromatic N) is 1. The highest BCUT2D eigenvalue weighted by Crippen LogP contribution is 2.02. The first-order valence-corrected chi connectivity index (χ1v) is 5.53. The Balaban J connectivity index is 2.54. The molecule has 0 radical (unpaired) electrons. The Morgan fingerprint density at radius 3 is 2.93 bits per heavy atom. The zero-order chi connectivity index (χ0) is 11.3. The van der Waals surface area contributed by atoms with E-state index >= 15 is 0 Å². The van der Waals surface area contributed by atoms with Crippen LogP contribution in [0.5, 0.6) is 0 Å². The zero-order valence-corrected chi connectivity index (χ0v) is 9.87. The highest BCUT2D eigenvalue weighted by atomic mass is 79.9. The third kappa shape index (κ3) is 3.83. The fourth-order valence-electron chi connectivity index (χ4n) is 0.909. The molecule has 1 amide bonds. The standard InChI is InChI=1S/C9H12BrN3O2/c1-2-6(10)5-11-9(15)7-3-4-8(14)13-12-7/h3-4,6H,2,5H2,1H3,(H,11,15)(H,13,14). The van der Waals surface area contributed by atoms with Crippen LogP contribution in [-0.4, -0.2) is 27.5 Å². The van der Waals surface area contributed by atoms with Crippen molar-refractivity contribution in [3.8, 4) is 0 Å². The van der Waals surface area contributed by atoms with Crippen LogP contribution in [0.15, 0.2) is 16.9 Å². The van der Waals surface area contributed by atoms with E-state index in [9.17, 15) is 9.59 Å². The number of aromatic amines is 1. The molecule has 0 aliphatic carbocycles. The van der Waals surface area contributed by atoms with E-state index in [1.54, 1.807) is 0 Å². The SMILES string of the molecule is CCC(Br)CNC(=O)c1ccc(=O)[nH]n1. The molecule has 5 nitrogen and oxygen atoms in total. The molecule has 0 saturated heterocycles. The Morgan fingerprint density at radius 1 is 1.67 bits per heavy atom. The summed E-state index contributed by atoms with van der Waals surface area (Å²) in [6.45, 7) is 2.56. The number of rotatable bonds is 4. The molecule has 0 bridgehead atoms. The van der Waals surface area contributed by atoms with Gasteiger partial charge in [-0.25, -0.2) is 5.10 Å². The topological polar surface area (TPSA) is 74.8 Å². The molecule has 1 rings (SSSR count). The molecule has 2 N–H and O–H groups in total. The number of hydrogen-bond donors (Lipinski definition) is 2. The zero-order valence-electron chi connectivity index (χ0n) is 8.29. The van der Waals surface area contributed by atoms with Gasteiger partial charge in [-0.3, -0.25) is 9.59 Å². The molecule has 0 aliphatic rings. The van der Waals surface area contributed by atoms with Crippen molar-refractivity contribution < 1.29 is 4.79 Å². The monoisotopic (exact) mass is 273 g/mol. The summed E-state index contributed by atoms with van der Waals surface area (Å²) in [7, 11) is 0. The number of carbonyl (C=O) groups is 1. The number of halogens is 1. The van der Waals surface area contributed by atoms with Gasteiger partial charge in [-0.2, -0.15) is 5.10 Å². The van der Waals surface area contributed by atoms with Gasteiger partial charge in [0.05, 0.1) is 0 Å². The van der Waals surface area contributed by atoms with Gasteiger partial charge in [-0.1, -0.05) is 22.9 Å². The highest BCUT2D eigenvalue weighted by molar-refractivity contribution is 9.09. The number of nitrogens with one attached hydrogen (secondary N) is 2. The largest absolute Gasteiger partial charge is 0.350 e. The predicted octanol–water partition coefficient (Wildman–Crippen LogP) is 0.673. The van der Waals surface area contributed by atoms with Crippen LogP contribution >= 0.6 is 15.9 Å². The maximum atomic E-state index is 11.5. The van der Waals surface area contributed by atoms with Crippen molar-refractivity contribution in [3.05, 3.63) is 28.2 Å². The second kappa shape index (κ2) is 5.65. The quantitative estimate of drug-likeness (QED) is 0.792. The maximum Gasteiger partial charge on any atom is 0.271 e. The Kier molecular flexibility index (Phi) is 4.48. The minimum absolute atomic E-state index is 0.213. The van der Waals surface area contributed by atoms with Crippen molar-refractivity contribution in [2.45, 2.75) is 18.2 Å². The first-order chi connectivity index (χ1) is 7.13. The molecule has 0 saturated carbocycles. The number of carbonyl (C=O) groups excluding carboxylic acids is 1. The Morgan fingerprint density at radius 2 is 2.40 bits per heavy atom. The summed E-state index contributed by atoms with van der Waals surface area (Å²) in [5.41, 5.74) is -0.108. The first-order valence-electron chi connectivity index (χ1n) is 4.61. The second-order valence-corrected chi connectivity index (χ2v) is 4.32. The minimum atomic E-state index is -0.321. The lowest BCUT2D eigenvalue weighted by molar-refractivity contribution is 0.0947. The number of hydrogen-bond acceptors (Lipinski definition) is 3. The first kappa shape index (κ1) is 11.9. The van der Waals surface area contributed by atoms with Gasteiger partial charge in [0.2, 0.25) is 0 Å². The van der Waals surface area contributed by atoms with Gasteiger partial charge in [0.25, 0.3) is 11.5 Å². The molecule has 0 spiro atoms. The van der Waals surface area contributed by atoms with Crippen molar-refractivity contribution >= 4 is 21.8 Å². The Hall–Kier alpha value is -1.17. The summed E-state index contributed by atoms with van der Waals surface area (Å²) in [4.78, 5) is 22.4. The molecule has 82 valence electrons. The number of alkyl halides is 1. The van der Waals surface area contributed by atoms with Crippen LogP contribution in [0.3, 0.4) is 0 Å². The number of H-pyrrole nitrogens is 1. The number of amides is 1. The molecule has 6 heteroatoms.